The lowest BCUT2D eigenvalue weighted by Crippen LogP contribution is -2.43. The first-order chi connectivity index (χ1) is 7.43. The van der Waals surface area contributed by atoms with E-state index in [9.17, 15) is 0 Å². The summed E-state index contributed by atoms with van der Waals surface area (Å²) in [4.78, 5) is 10.1. The van der Waals surface area contributed by atoms with Crippen molar-refractivity contribution >= 4 is 16.9 Å². The second kappa shape index (κ2) is 3.55. The van der Waals surface area contributed by atoms with Crippen LogP contribution in [0.25, 0.3) is 11.0 Å². The van der Waals surface area contributed by atoms with E-state index in [4.69, 9.17) is 0 Å². The minimum atomic E-state index is 0.978. The first kappa shape index (κ1) is 8.73. The average Bonchev–Trinajstić information content (AvgIpc) is 2.77. The Morgan fingerprint density at radius 1 is 1.13 bits per heavy atom. The van der Waals surface area contributed by atoms with Gasteiger partial charge in [-0.15, -0.1) is 0 Å². The first-order valence-corrected chi connectivity index (χ1v) is 5.33. The highest BCUT2D eigenvalue weighted by molar-refractivity contribution is 5.77. The van der Waals surface area contributed by atoms with Gasteiger partial charge in [0.1, 0.15) is 11.5 Å². The summed E-state index contributed by atoms with van der Waals surface area (Å²) in [5, 5.41) is 4.51. The molecule has 0 saturated carbocycles. The molecule has 15 heavy (non-hydrogen) atoms. The van der Waals surface area contributed by atoms with Gasteiger partial charge in [-0.1, -0.05) is 0 Å². The Kier molecular flexibility index (Phi) is 2.07. The van der Waals surface area contributed by atoms with Crippen LogP contribution < -0.4 is 10.2 Å². The third-order valence-electron chi connectivity index (χ3n) is 2.84. The van der Waals surface area contributed by atoms with E-state index in [1.807, 2.05) is 12.3 Å². The number of anilines is 1. The van der Waals surface area contributed by atoms with Crippen LogP contribution in [-0.2, 0) is 0 Å². The summed E-state index contributed by atoms with van der Waals surface area (Å²) in [6.45, 7) is 4.17. The number of hydrogen-bond donors (Lipinski definition) is 2. The number of aromatic nitrogens is 2. The van der Waals surface area contributed by atoms with Crippen LogP contribution >= 0.6 is 0 Å². The molecule has 1 aliphatic heterocycles. The zero-order valence-corrected chi connectivity index (χ0v) is 8.53. The van der Waals surface area contributed by atoms with Gasteiger partial charge in [-0.25, -0.2) is 4.98 Å². The summed E-state index contributed by atoms with van der Waals surface area (Å²) in [5.74, 6) is 1.08. The molecule has 1 fully saturated rings. The minimum absolute atomic E-state index is 0.978. The molecule has 0 radical (unpaired) electrons. The fraction of sp³-hybridized carbons (Fsp3) is 0.364. The van der Waals surface area contributed by atoms with E-state index in [0.29, 0.717) is 0 Å². The highest BCUT2D eigenvalue weighted by Crippen LogP contribution is 2.16. The number of H-pyrrole nitrogens is 1. The molecule has 0 unspecified atom stereocenters. The Morgan fingerprint density at radius 3 is 2.87 bits per heavy atom. The van der Waals surface area contributed by atoms with Crippen LogP contribution in [0.15, 0.2) is 24.4 Å². The molecule has 1 aliphatic rings. The summed E-state index contributed by atoms with van der Waals surface area (Å²) in [7, 11) is 0. The van der Waals surface area contributed by atoms with E-state index in [0.717, 1.165) is 37.6 Å². The fourth-order valence-corrected chi connectivity index (χ4v) is 1.99. The predicted molar refractivity (Wildman–Crippen MR) is 61.2 cm³/mol. The highest BCUT2D eigenvalue weighted by Gasteiger charge is 2.11. The number of nitrogens with zero attached hydrogens (tertiary/aromatic N) is 2. The molecule has 0 aliphatic carbocycles. The van der Waals surface area contributed by atoms with Gasteiger partial charge in [-0.2, -0.15) is 0 Å². The normalized spacial score (nSPS) is 17.2. The molecule has 2 aromatic rings. The lowest BCUT2D eigenvalue weighted by Gasteiger charge is -2.28. The van der Waals surface area contributed by atoms with E-state index < -0.39 is 0 Å². The van der Waals surface area contributed by atoms with E-state index in [1.165, 1.54) is 5.39 Å². The van der Waals surface area contributed by atoms with Crippen molar-refractivity contribution < 1.29 is 0 Å². The number of fused-ring (bicyclic) bond motifs is 1. The molecule has 0 spiro atoms. The molecule has 0 aromatic carbocycles. The third-order valence-corrected chi connectivity index (χ3v) is 2.84. The van der Waals surface area contributed by atoms with Crippen LogP contribution in [0.4, 0.5) is 5.82 Å². The summed E-state index contributed by atoms with van der Waals surface area (Å²) < 4.78 is 0. The standard InChI is InChI=1S/C11H14N4/c1-2-10(15-7-5-12-6-8-15)14-11-9(1)3-4-13-11/h1-4,12H,5-8H2,(H,13,14). The molecule has 3 rings (SSSR count). The predicted octanol–water partition coefficient (Wildman–Crippen LogP) is 0.972. The van der Waals surface area contributed by atoms with E-state index >= 15 is 0 Å². The van der Waals surface area contributed by atoms with Crippen molar-refractivity contribution in [2.24, 2.45) is 0 Å². The quantitative estimate of drug-likeness (QED) is 0.724. The van der Waals surface area contributed by atoms with Crippen LogP contribution in [0.5, 0.6) is 0 Å². The molecule has 0 bridgehead atoms. The van der Waals surface area contributed by atoms with Gasteiger partial charge in [0, 0.05) is 37.8 Å². The van der Waals surface area contributed by atoms with Crippen molar-refractivity contribution in [2.45, 2.75) is 0 Å². The Labute approximate surface area is 88.3 Å². The number of aromatic amines is 1. The van der Waals surface area contributed by atoms with E-state index in [2.05, 4.69) is 32.3 Å². The molecule has 3 heterocycles. The number of pyridine rings is 1. The molecule has 1 saturated heterocycles. The van der Waals surface area contributed by atoms with Gasteiger partial charge < -0.3 is 15.2 Å². The summed E-state index contributed by atoms with van der Waals surface area (Å²) in [6.07, 6.45) is 1.93. The van der Waals surface area contributed by atoms with Crippen molar-refractivity contribution in [2.75, 3.05) is 31.1 Å². The number of nitrogens with one attached hydrogen (secondary N) is 2. The monoisotopic (exact) mass is 202 g/mol. The van der Waals surface area contributed by atoms with Crippen LogP contribution in [0.1, 0.15) is 0 Å². The second-order valence-corrected chi connectivity index (χ2v) is 3.82. The molecule has 4 heteroatoms. The van der Waals surface area contributed by atoms with Gasteiger partial charge >= 0.3 is 0 Å². The Balaban J connectivity index is 1.95. The van der Waals surface area contributed by atoms with Crippen LogP contribution in [-0.4, -0.2) is 36.1 Å². The van der Waals surface area contributed by atoms with Crippen molar-refractivity contribution in [1.29, 1.82) is 0 Å². The molecule has 2 aromatic heterocycles. The summed E-state index contributed by atoms with van der Waals surface area (Å²) in [5.41, 5.74) is 0.978. The minimum Gasteiger partial charge on any atom is -0.354 e. The maximum Gasteiger partial charge on any atom is 0.139 e. The number of rotatable bonds is 1. The summed E-state index contributed by atoms with van der Waals surface area (Å²) >= 11 is 0. The average molecular weight is 202 g/mol. The zero-order valence-electron chi connectivity index (χ0n) is 8.53. The van der Waals surface area contributed by atoms with E-state index in [-0.39, 0.29) is 0 Å². The van der Waals surface area contributed by atoms with Gasteiger partial charge in [0.25, 0.3) is 0 Å². The van der Waals surface area contributed by atoms with Crippen molar-refractivity contribution in [3.05, 3.63) is 24.4 Å². The van der Waals surface area contributed by atoms with Gasteiger partial charge in [0.15, 0.2) is 0 Å². The zero-order chi connectivity index (χ0) is 10.1. The summed E-state index contributed by atoms with van der Waals surface area (Å²) in [6, 6.07) is 6.27. The lowest BCUT2D eigenvalue weighted by atomic mass is 10.3. The smallest absolute Gasteiger partial charge is 0.139 e. The van der Waals surface area contributed by atoms with Crippen molar-refractivity contribution in [1.82, 2.24) is 15.3 Å². The maximum atomic E-state index is 4.60. The SMILES string of the molecule is c1cc2ccc(N3CCNCC3)nc2[nH]1. The number of piperazine rings is 1. The highest BCUT2D eigenvalue weighted by atomic mass is 15.2. The van der Waals surface area contributed by atoms with Gasteiger partial charge in [-0.05, 0) is 18.2 Å². The van der Waals surface area contributed by atoms with Crippen LogP contribution in [0, 0.1) is 0 Å². The fourth-order valence-electron chi connectivity index (χ4n) is 1.99. The van der Waals surface area contributed by atoms with Crippen molar-refractivity contribution in [3.63, 3.8) is 0 Å². The van der Waals surface area contributed by atoms with Gasteiger partial charge in [-0.3, -0.25) is 0 Å². The van der Waals surface area contributed by atoms with E-state index in [1.54, 1.807) is 0 Å². The molecule has 78 valence electrons. The largest absolute Gasteiger partial charge is 0.354 e. The molecule has 4 nitrogen and oxygen atoms in total. The Bertz CT molecular complexity index is 456. The van der Waals surface area contributed by atoms with Gasteiger partial charge in [0.2, 0.25) is 0 Å². The first-order valence-electron chi connectivity index (χ1n) is 5.33. The van der Waals surface area contributed by atoms with Crippen LogP contribution in [0.2, 0.25) is 0 Å². The van der Waals surface area contributed by atoms with Gasteiger partial charge in [0.05, 0.1) is 0 Å². The second-order valence-electron chi connectivity index (χ2n) is 3.82. The topological polar surface area (TPSA) is 44.0 Å². The van der Waals surface area contributed by atoms with Crippen LogP contribution in [0.3, 0.4) is 0 Å². The lowest BCUT2D eigenvalue weighted by molar-refractivity contribution is 0.585. The molecule has 0 atom stereocenters. The molecular weight excluding hydrogens is 188 g/mol. The van der Waals surface area contributed by atoms with Crippen molar-refractivity contribution in [3.8, 4) is 0 Å². The third kappa shape index (κ3) is 1.57. The number of hydrogen-bond acceptors (Lipinski definition) is 3. The molecule has 0 amide bonds. The Hall–Kier alpha value is -1.55. The molecule has 2 N–H and O–H groups in total. The Morgan fingerprint density at radius 2 is 2.00 bits per heavy atom. The maximum absolute atomic E-state index is 4.60. The molecular formula is C11H14N4.